The molecular weight excluding hydrogens is 542 g/mol. The van der Waals surface area contributed by atoms with Gasteiger partial charge in [0.2, 0.25) is 0 Å². The normalized spacial score (nSPS) is 14.8. The molecule has 1 aliphatic heterocycles. The number of aromatic nitrogens is 1. The van der Waals surface area contributed by atoms with E-state index in [0.29, 0.717) is 27.6 Å². The maximum Gasteiger partial charge on any atom is 0.338 e. The highest BCUT2D eigenvalue weighted by atomic mass is 32.1. The minimum absolute atomic E-state index is 0.127. The summed E-state index contributed by atoms with van der Waals surface area (Å²) in [6.07, 6.45) is 1.40. The summed E-state index contributed by atoms with van der Waals surface area (Å²) < 4.78 is 28.2. The molecule has 3 aromatic rings. The summed E-state index contributed by atoms with van der Waals surface area (Å²) >= 11 is 1.04. The van der Waals surface area contributed by atoms with Crippen molar-refractivity contribution in [1.29, 1.82) is 0 Å². The number of hydrogen-bond acceptors (Lipinski definition) is 11. The molecular formula is C27H27N3O9S. The van der Waals surface area contributed by atoms with Gasteiger partial charge < -0.3 is 23.7 Å². The lowest BCUT2D eigenvalue weighted by Crippen LogP contribution is -2.40. The third-order valence-electron chi connectivity index (χ3n) is 6.26. The number of nitro benzene ring substituents is 1. The van der Waals surface area contributed by atoms with E-state index in [9.17, 15) is 19.7 Å². The lowest BCUT2D eigenvalue weighted by Gasteiger charge is -2.25. The first-order chi connectivity index (χ1) is 19.2. The minimum atomic E-state index is -0.905. The van der Waals surface area contributed by atoms with Crippen LogP contribution in [0.5, 0.6) is 23.0 Å². The molecule has 0 fully saturated rings. The molecule has 0 unspecified atom stereocenters. The third kappa shape index (κ3) is 5.02. The maximum absolute atomic E-state index is 13.9. The molecule has 1 aromatic heterocycles. The molecule has 40 heavy (non-hydrogen) atoms. The quantitative estimate of drug-likeness (QED) is 0.216. The van der Waals surface area contributed by atoms with Crippen molar-refractivity contribution >= 4 is 29.1 Å². The van der Waals surface area contributed by atoms with Crippen molar-refractivity contribution in [3.63, 3.8) is 0 Å². The van der Waals surface area contributed by atoms with Crippen LogP contribution in [0.15, 0.2) is 51.4 Å². The average molecular weight is 570 g/mol. The van der Waals surface area contributed by atoms with E-state index in [4.69, 9.17) is 23.7 Å². The first-order valence-electron chi connectivity index (χ1n) is 12.0. The molecule has 0 amide bonds. The number of thiazole rings is 1. The van der Waals surface area contributed by atoms with Crippen molar-refractivity contribution in [1.82, 2.24) is 4.57 Å². The van der Waals surface area contributed by atoms with Gasteiger partial charge in [-0.05, 0) is 43.7 Å². The third-order valence-corrected chi connectivity index (χ3v) is 7.24. The number of allylic oxidation sites excluding steroid dienone is 1. The molecule has 12 nitrogen and oxygen atoms in total. The molecule has 0 spiro atoms. The van der Waals surface area contributed by atoms with Gasteiger partial charge in [-0.25, -0.2) is 9.79 Å². The summed E-state index contributed by atoms with van der Waals surface area (Å²) in [5.41, 5.74) is 0.482. The number of fused-ring (bicyclic) bond motifs is 1. The lowest BCUT2D eigenvalue weighted by molar-refractivity contribution is -0.385. The molecule has 0 saturated carbocycles. The number of carbonyl (C=O) groups excluding carboxylic acids is 1. The van der Waals surface area contributed by atoms with Gasteiger partial charge in [0.25, 0.3) is 11.2 Å². The number of hydrogen-bond donors (Lipinski definition) is 0. The molecule has 0 radical (unpaired) electrons. The van der Waals surface area contributed by atoms with Crippen molar-refractivity contribution in [3.8, 4) is 23.0 Å². The van der Waals surface area contributed by atoms with E-state index in [0.717, 1.165) is 11.3 Å². The van der Waals surface area contributed by atoms with Gasteiger partial charge in [-0.15, -0.1) is 0 Å². The molecule has 1 atom stereocenters. The van der Waals surface area contributed by atoms with Crippen LogP contribution in [0.2, 0.25) is 0 Å². The standard InChI is InChI=1S/C27H27N3O9S/c1-7-39-26(32)23-14(2)28-27-29(24(23)15-8-9-18(35-3)19(10-15)36-4)25(31)22(40-27)12-16-11-20(37-5)21(38-6)13-17(16)30(33)34/h8-13,24H,7H2,1-6H3/b22-12+/t24-/m1/s1. The maximum atomic E-state index is 13.9. The van der Waals surface area contributed by atoms with Crippen molar-refractivity contribution in [2.24, 2.45) is 4.99 Å². The Hall–Kier alpha value is -4.65. The van der Waals surface area contributed by atoms with E-state index >= 15 is 0 Å². The van der Waals surface area contributed by atoms with Crippen molar-refractivity contribution in [2.75, 3.05) is 35.0 Å². The largest absolute Gasteiger partial charge is 0.493 e. The zero-order valence-corrected chi connectivity index (χ0v) is 23.5. The zero-order chi connectivity index (χ0) is 29.1. The molecule has 0 aliphatic carbocycles. The van der Waals surface area contributed by atoms with Crippen LogP contribution in [0.3, 0.4) is 0 Å². The Morgan fingerprint density at radius 2 is 1.68 bits per heavy atom. The number of benzene rings is 2. The topological polar surface area (TPSA) is 141 Å². The molecule has 210 valence electrons. The highest BCUT2D eigenvalue weighted by Crippen LogP contribution is 2.37. The second-order valence-electron chi connectivity index (χ2n) is 8.44. The molecule has 0 bridgehead atoms. The number of carbonyl (C=O) groups is 1. The van der Waals surface area contributed by atoms with Crippen molar-refractivity contribution in [3.05, 3.63) is 82.5 Å². The van der Waals surface area contributed by atoms with E-state index in [1.807, 2.05) is 0 Å². The van der Waals surface area contributed by atoms with Crippen LogP contribution in [0.25, 0.3) is 6.08 Å². The second-order valence-corrected chi connectivity index (χ2v) is 9.45. The smallest absolute Gasteiger partial charge is 0.338 e. The van der Waals surface area contributed by atoms with Crippen molar-refractivity contribution < 1.29 is 33.4 Å². The summed E-state index contributed by atoms with van der Waals surface area (Å²) in [4.78, 5) is 43.1. The Morgan fingerprint density at radius 1 is 1.05 bits per heavy atom. The number of methoxy groups -OCH3 is 4. The predicted molar refractivity (Wildman–Crippen MR) is 146 cm³/mol. The molecule has 13 heteroatoms. The molecule has 1 aliphatic rings. The summed E-state index contributed by atoms with van der Waals surface area (Å²) in [7, 11) is 5.76. The highest BCUT2D eigenvalue weighted by Gasteiger charge is 2.34. The van der Waals surface area contributed by atoms with E-state index in [2.05, 4.69) is 4.99 Å². The average Bonchev–Trinajstić information content (AvgIpc) is 3.25. The number of esters is 1. The van der Waals surface area contributed by atoms with Crippen molar-refractivity contribution in [2.45, 2.75) is 19.9 Å². The molecule has 0 saturated heterocycles. The number of nitro groups is 1. The first-order valence-corrected chi connectivity index (χ1v) is 12.8. The van der Waals surface area contributed by atoms with Gasteiger partial charge in [0.05, 0.1) is 73.4 Å². The van der Waals surface area contributed by atoms with Crippen LogP contribution in [0, 0.1) is 10.1 Å². The monoisotopic (exact) mass is 569 g/mol. The number of rotatable bonds is 9. The highest BCUT2D eigenvalue weighted by molar-refractivity contribution is 7.07. The van der Waals surface area contributed by atoms with Gasteiger partial charge in [-0.3, -0.25) is 19.5 Å². The minimum Gasteiger partial charge on any atom is -0.493 e. The van der Waals surface area contributed by atoms with Gasteiger partial charge in [0.1, 0.15) is 0 Å². The predicted octanol–water partition coefficient (Wildman–Crippen LogP) is 2.74. The van der Waals surface area contributed by atoms with E-state index in [1.54, 1.807) is 32.0 Å². The zero-order valence-electron chi connectivity index (χ0n) is 22.7. The Bertz CT molecular complexity index is 1700. The van der Waals surface area contributed by atoms with Crippen LogP contribution in [0.4, 0.5) is 5.69 Å². The van der Waals surface area contributed by atoms with Crippen LogP contribution >= 0.6 is 11.3 Å². The molecule has 2 heterocycles. The fourth-order valence-electron chi connectivity index (χ4n) is 4.43. The van der Waals surface area contributed by atoms with E-state index in [1.165, 1.54) is 51.2 Å². The van der Waals surface area contributed by atoms with E-state index < -0.39 is 22.5 Å². The van der Waals surface area contributed by atoms with Crippen LogP contribution in [-0.4, -0.2) is 50.5 Å². The second kappa shape index (κ2) is 11.6. The summed E-state index contributed by atoms with van der Waals surface area (Å²) in [6, 6.07) is 6.83. The van der Waals surface area contributed by atoms with E-state index in [-0.39, 0.29) is 39.5 Å². The Morgan fingerprint density at radius 3 is 2.27 bits per heavy atom. The fraction of sp³-hybridized carbons (Fsp3) is 0.296. The van der Waals surface area contributed by atoms with Gasteiger partial charge >= 0.3 is 5.97 Å². The van der Waals surface area contributed by atoms with Gasteiger partial charge in [-0.1, -0.05) is 17.4 Å². The van der Waals surface area contributed by atoms with Gasteiger partial charge in [-0.2, -0.15) is 0 Å². The Kier molecular flexibility index (Phi) is 8.24. The Labute approximate surface area is 232 Å². The Balaban J connectivity index is 2.01. The number of nitrogens with zero attached hydrogens (tertiary/aromatic N) is 3. The number of ether oxygens (including phenoxy) is 5. The van der Waals surface area contributed by atoms with Crippen LogP contribution in [0.1, 0.15) is 31.0 Å². The SMILES string of the molecule is CCOC(=O)C1=C(C)N=c2s/c(=C/c3cc(OC)c(OC)cc3[N+](=O)[O-])c(=O)n2[C@@H]1c1ccc(OC)c(OC)c1. The molecule has 4 rings (SSSR count). The molecule has 0 N–H and O–H groups in total. The first kappa shape index (κ1) is 28.4. The lowest BCUT2D eigenvalue weighted by atomic mass is 9.95. The van der Waals surface area contributed by atoms with Gasteiger partial charge in [0.15, 0.2) is 27.8 Å². The van der Waals surface area contributed by atoms with Crippen LogP contribution < -0.4 is 33.8 Å². The summed E-state index contributed by atoms with van der Waals surface area (Å²) in [5.74, 6) is 0.693. The summed E-state index contributed by atoms with van der Waals surface area (Å²) in [6.45, 7) is 3.47. The molecule has 2 aromatic carbocycles. The fourth-order valence-corrected chi connectivity index (χ4v) is 5.47. The van der Waals surface area contributed by atoms with Crippen LogP contribution in [-0.2, 0) is 9.53 Å². The summed E-state index contributed by atoms with van der Waals surface area (Å²) in [5, 5.41) is 11.8. The van der Waals surface area contributed by atoms with Gasteiger partial charge in [0, 0.05) is 0 Å².